The molecule has 8 heteroatoms. The van der Waals surface area contributed by atoms with Crippen LogP contribution in [0.3, 0.4) is 0 Å². The van der Waals surface area contributed by atoms with Crippen LogP contribution < -0.4 is 15.5 Å². The molecule has 1 aromatic carbocycles. The van der Waals surface area contributed by atoms with Gasteiger partial charge in [0.25, 0.3) is 0 Å². The van der Waals surface area contributed by atoms with E-state index in [1.165, 1.54) is 7.11 Å². The van der Waals surface area contributed by atoms with Crippen LogP contribution in [0.25, 0.3) is 0 Å². The molecule has 3 aromatic rings. The number of nitrogens with zero attached hydrogens (tertiary/aromatic N) is 2. The molecule has 0 aliphatic carbocycles. The number of benzene rings is 1. The average Bonchev–Trinajstić information content (AvgIpc) is 3.37. The summed E-state index contributed by atoms with van der Waals surface area (Å²) in [6.07, 6.45) is 3.41. The predicted molar refractivity (Wildman–Crippen MR) is 114 cm³/mol. The first-order valence-corrected chi connectivity index (χ1v) is 9.51. The molecule has 29 heavy (non-hydrogen) atoms. The fraction of sp³-hybridized carbons (Fsp3) is 0.190. The second-order valence-electron chi connectivity index (χ2n) is 6.54. The summed E-state index contributed by atoms with van der Waals surface area (Å²) in [5, 5.41) is 6.74. The van der Waals surface area contributed by atoms with E-state index >= 15 is 0 Å². The van der Waals surface area contributed by atoms with Crippen molar-refractivity contribution in [3.8, 4) is 0 Å². The van der Waals surface area contributed by atoms with Gasteiger partial charge in [0.2, 0.25) is 5.91 Å². The van der Waals surface area contributed by atoms with Crippen molar-refractivity contribution in [2.75, 3.05) is 23.9 Å². The van der Waals surface area contributed by atoms with Crippen molar-refractivity contribution in [2.45, 2.75) is 12.1 Å². The first-order chi connectivity index (χ1) is 14.2. The van der Waals surface area contributed by atoms with Crippen LogP contribution in [0.15, 0.2) is 71.5 Å². The third-order valence-electron chi connectivity index (χ3n) is 4.64. The maximum atomic E-state index is 11.7. The summed E-state index contributed by atoms with van der Waals surface area (Å²) in [7, 11) is 1.48. The number of hydrogen-bond acceptors (Lipinski definition) is 5. The first-order valence-electron chi connectivity index (χ1n) is 9.10. The summed E-state index contributed by atoms with van der Waals surface area (Å²) in [5.74, 6) is 0.577. The highest BCUT2D eigenvalue weighted by Gasteiger charge is 2.42. The number of rotatable bonds is 6. The van der Waals surface area contributed by atoms with Crippen molar-refractivity contribution in [3.63, 3.8) is 0 Å². The van der Waals surface area contributed by atoms with Gasteiger partial charge in [-0.3, -0.25) is 9.78 Å². The van der Waals surface area contributed by atoms with E-state index < -0.39 is 0 Å². The molecule has 1 aliphatic heterocycles. The van der Waals surface area contributed by atoms with Crippen molar-refractivity contribution >= 4 is 34.6 Å². The Labute approximate surface area is 173 Å². The number of aromatic nitrogens is 1. The van der Waals surface area contributed by atoms with Crippen LogP contribution in [0.2, 0.25) is 0 Å². The SMILES string of the molecule is COCC(=O)Nc1ccc(N2C(=S)N[C@H](c3ccccn3)[C@H]2c2ccco2)cc1. The predicted octanol–water partition coefficient (Wildman–Crippen LogP) is 3.44. The van der Waals surface area contributed by atoms with Crippen molar-refractivity contribution in [1.29, 1.82) is 0 Å². The molecule has 7 nitrogen and oxygen atoms in total. The van der Waals surface area contributed by atoms with Gasteiger partial charge in [0.15, 0.2) is 5.11 Å². The Morgan fingerprint density at radius 2 is 2.07 bits per heavy atom. The number of nitrogens with one attached hydrogen (secondary N) is 2. The van der Waals surface area contributed by atoms with Crippen LogP contribution in [0.1, 0.15) is 23.5 Å². The average molecular weight is 408 g/mol. The largest absolute Gasteiger partial charge is 0.467 e. The van der Waals surface area contributed by atoms with Crippen molar-refractivity contribution in [3.05, 3.63) is 78.5 Å². The van der Waals surface area contributed by atoms with Crippen LogP contribution in [-0.2, 0) is 9.53 Å². The van der Waals surface area contributed by atoms with Crippen LogP contribution in [0.4, 0.5) is 11.4 Å². The second-order valence-corrected chi connectivity index (χ2v) is 6.93. The molecule has 2 atom stereocenters. The number of carbonyl (C=O) groups excluding carboxylic acids is 1. The number of pyridine rings is 1. The van der Waals surface area contributed by atoms with E-state index in [9.17, 15) is 4.79 Å². The van der Waals surface area contributed by atoms with E-state index in [1.807, 2.05) is 59.5 Å². The topological polar surface area (TPSA) is 79.6 Å². The lowest BCUT2D eigenvalue weighted by atomic mass is 10.0. The normalized spacial score (nSPS) is 18.5. The third-order valence-corrected chi connectivity index (χ3v) is 4.95. The molecule has 3 heterocycles. The highest BCUT2D eigenvalue weighted by Crippen LogP contribution is 2.41. The molecule has 1 saturated heterocycles. The number of thiocarbonyl (C=S) groups is 1. The molecule has 2 N–H and O–H groups in total. The fourth-order valence-corrected chi connectivity index (χ4v) is 3.76. The van der Waals surface area contributed by atoms with E-state index in [-0.39, 0.29) is 24.6 Å². The Hall–Kier alpha value is -3.23. The van der Waals surface area contributed by atoms with Crippen molar-refractivity contribution in [2.24, 2.45) is 0 Å². The molecule has 0 radical (unpaired) electrons. The molecule has 1 amide bonds. The molecule has 0 saturated carbocycles. The van der Waals surface area contributed by atoms with E-state index in [0.717, 1.165) is 17.1 Å². The van der Waals surface area contributed by atoms with Gasteiger partial charge in [-0.25, -0.2) is 0 Å². The molecular formula is C21H20N4O3S. The standard InChI is InChI=1S/C21H20N4O3S/c1-27-13-18(26)23-14-7-9-15(10-8-14)25-20(17-6-4-12-28-17)19(24-21(25)29)16-5-2-3-11-22-16/h2-12,19-20H,13H2,1H3,(H,23,26)(H,24,29)/t19-,20-/m1/s1. The van der Waals surface area contributed by atoms with E-state index in [4.69, 9.17) is 21.4 Å². The number of ether oxygens (including phenoxy) is 1. The summed E-state index contributed by atoms with van der Waals surface area (Å²) >= 11 is 5.65. The Balaban J connectivity index is 1.65. The number of furan rings is 1. The summed E-state index contributed by atoms with van der Waals surface area (Å²) in [4.78, 5) is 18.2. The lowest BCUT2D eigenvalue weighted by Gasteiger charge is -2.26. The molecule has 148 valence electrons. The molecular weight excluding hydrogens is 388 g/mol. The van der Waals surface area contributed by atoms with Crippen LogP contribution in [0.5, 0.6) is 0 Å². The minimum atomic E-state index is -0.206. The Morgan fingerprint density at radius 1 is 1.24 bits per heavy atom. The van der Waals surface area contributed by atoms with E-state index in [0.29, 0.717) is 10.8 Å². The number of carbonyl (C=O) groups is 1. The van der Waals surface area contributed by atoms with Gasteiger partial charge >= 0.3 is 0 Å². The van der Waals surface area contributed by atoms with Crippen LogP contribution in [-0.4, -0.2) is 29.7 Å². The third kappa shape index (κ3) is 3.98. The summed E-state index contributed by atoms with van der Waals surface area (Å²) in [6.45, 7) is 0.00814. The van der Waals surface area contributed by atoms with E-state index in [1.54, 1.807) is 12.5 Å². The van der Waals surface area contributed by atoms with Crippen LogP contribution in [0, 0.1) is 0 Å². The monoisotopic (exact) mass is 408 g/mol. The zero-order valence-electron chi connectivity index (χ0n) is 15.7. The maximum absolute atomic E-state index is 11.7. The first kappa shape index (κ1) is 19.1. The lowest BCUT2D eigenvalue weighted by molar-refractivity contribution is -0.119. The number of methoxy groups -OCH3 is 1. The second kappa shape index (κ2) is 8.42. The van der Waals surface area contributed by atoms with Gasteiger partial charge in [-0.1, -0.05) is 6.07 Å². The molecule has 2 aromatic heterocycles. The van der Waals surface area contributed by atoms with Crippen LogP contribution >= 0.6 is 12.2 Å². The Morgan fingerprint density at radius 3 is 2.72 bits per heavy atom. The van der Waals surface area contributed by atoms with Gasteiger partial charge < -0.3 is 24.7 Å². The Bertz CT molecular complexity index is 977. The summed E-state index contributed by atoms with van der Waals surface area (Å²) in [6, 6.07) is 16.7. The molecule has 1 fully saturated rings. The zero-order valence-corrected chi connectivity index (χ0v) is 16.6. The smallest absolute Gasteiger partial charge is 0.250 e. The van der Waals surface area contributed by atoms with Gasteiger partial charge in [0.1, 0.15) is 18.4 Å². The van der Waals surface area contributed by atoms with Crippen molar-refractivity contribution in [1.82, 2.24) is 10.3 Å². The van der Waals surface area contributed by atoms with Gasteiger partial charge in [-0.2, -0.15) is 0 Å². The number of hydrogen-bond donors (Lipinski definition) is 2. The molecule has 0 unspecified atom stereocenters. The van der Waals surface area contributed by atoms with Gasteiger partial charge in [0.05, 0.1) is 18.0 Å². The maximum Gasteiger partial charge on any atom is 0.250 e. The molecule has 1 aliphatic rings. The quantitative estimate of drug-likeness (QED) is 0.605. The Kier molecular flexibility index (Phi) is 5.55. The van der Waals surface area contributed by atoms with Gasteiger partial charge in [-0.05, 0) is 60.7 Å². The fourth-order valence-electron chi connectivity index (χ4n) is 3.41. The molecule has 0 bridgehead atoms. The number of amides is 1. The van der Waals surface area contributed by atoms with Gasteiger partial charge in [0, 0.05) is 24.7 Å². The van der Waals surface area contributed by atoms with Gasteiger partial charge in [-0.15, -0.1) is 0 Å². The molecule has 4 rings (SSSR count). The zero-order chi connectivity index (χ0) is 20.2. The number of anilines is 2. The highest BCUT2D eigenvalue weighted by atomic mass is 32.1. The van der Waals surface area contributed by atoms with Crippen molar-refractivity contribution < 1.29 is 13.9 Å². The summed E-state index contributed by atoms with van der Waals surface area (Å²) in [5.41, 5.74) is 2.44. The lowest BCUT2D eigenvalue weighted by Crippen LogP contribution is -2.29. The van der Waals surface area contributed by atoms with E-state index in [2.05, 4.69) is 15.6 Å². The highest BCUT2D eigenvalue weighted by molar-refractivity contribution is 7.80. The molecule has 0 spiro atoms. The minimum absolute atomic E-state index is 0.00814. The minimum Gasteiger partial charge on any atom is -0.467 e. The summed E-state index contributed by atoms with van der Waals surface area (Å²) < 4.78 is 10.6.